The zero-order valence-electron chi connectivity index (χ0n) is 11.8. The summed E-state index contributed by atoms with van der Waals surface area (Å²) in [6, 6.07) is 18.8. The van der Waals surface area contributed by atoms with Gasteiger partial charge in [0.2, 0.25) is 0 Å². The first-order valence-electron chi connectivity index (χ1n) is 7.51. The van der Waals surface area contributed by atoms with Crippen LogP contribution in [-0.4, -0.2) is 12.0 Å². The monoisotopic (exact) mass is 298 g/mol. The lowest BCUT2D eigenvalue weighted by atomic mass is 9.87. The predicted molar refractivity (Wildman–Crippen MR) is 84.6 cm³/mol. The van der Waals surface area contributed by atoms with Gasteiger partial charge < -0.3 is 9.47 Å². The molecule has 0 unspecified atom stereocenters. The van der Waals surface area contributed by atoms with Gasteiger partial charge in [-0.05, 0) is 31.0 Å². The van der Waals surface area contributed by atoms with Crippen LogP contribution in [0.15, 0.2) is 59.5 Å². The van der Waals surface area contributed by atoms with Crippen LogP contribution in [0.5, 0.6) is 5.75 Å². The predicted octanol–water partition coefficient (Wildman–Crippen LogP) is 4.67. The highest BCUT2D eigenvalue weighted by Crippen LogP contribution is 2.48. The highest BCUT2D eigenvalue weighted by atomic mass is 32.2. The summed E-state index contributed by atoms with van der Waals surface area (Å²) in [6.45, 7) is 0.859. The van der Waals surface area contributed by atoms with Gasteiger partial charge in [0, 0.05) is 23.0 Å². The fourth-order valence-corrected chi connectivity index (χ4v) is 4.37. The Morgan fingerprint density at radius 2 is 1.76 bits per heavy atom. The molecule has 2 aromatic rings. The molecule has 2 aliphatic rings. The van der Waals surface area contributed by atoms with Gasteiger partial charge in [0.15, 0.2) is 5.44 Å². The zero-order valence-corrected chi connectivity index (χ0v) is 12.6. The fraction of sp³-hybridized carbons (Fsp3) is 0.333. The summed E-state index contributed by atoms with van der Waals surface area (Å²) in [6.07, 6.45) is 2.48. The normalized spacial score (nSPS) is 27.3. The van der Waals surface area contributed by atoms with Crippen molar-refractivity contribution in [3.05, 3.63) is 60.2 Å². The first-order chi connectivity index (χ1) is 10.4. The molecule has 0 spiro atoms. The quantitative estimate of drug-likeness (QED) is 0.803. The van der Waals surface area contributed by atoms with E-state index < -0.39 is 0 Å². The molecule has 2 aliphatic heterocycles. The van der Waals surface area contributed by atoms with E-state index in [1.54, 1.807) is 0 Å². The lowest BCUT2D eigenvalue weighted by Crippen LogP contribution is -2.37. The van der Waals surface area contributed by atoms with Crippen molar-refractivity contribution in [1.29, 1.82) is 0 Å². The van der Waals surface area contributed by atoms with Crippen LogP contribution in [-0.2, 0) is 4.74 Å². The molecule has 21 heavy (non-hydrogen) atoms. The number of hydrogen-bond acceptors (Lipinski definition) is 3. The Kier molecular flexibility index (Phi) is 3.62. The minimum absolute atomic E-state index is 0.132. The van der Waals surface area contributed by atoms with Crippen LogP contribution in [0.25, 0.3) is 0 Å². The summed E-state index contributed by atoms with van der Waals surface area (Å²) in [7, 11) is 0. The van der Waals surface area contributed by atoms with Gasteiger partial charge in [-0.15, -0.1) is 0 Å². The number of benzene rings is 2. The molecule has 0 bridgehead atoms. The number of fused-ring (bicyclic) bond motifs is 3. The molecule has 4 rings (SSSR count). The first kappa shape index (κ1) is 13.2. The minimum Gasteiger partial charge on any atom is -0.479 e. The summed E-state index contributed by atoms with van der Waals surface area (Å²) >= 11 is 1.81. The van der Waals surface area contributed by atoms with Crippen LogP contribution in [0.2, 0.25) is 0 Å². The summed E-state index contributed by atoms with van der Waals surface area (Å²) in [5, 5.41) is 0. The molecule has 1 saturated heterocycles. The number of rotatable bonds is 2. The SMILES string of the molecule is c1ccc(S[C@@H]2Oc3ccccc3[C@@H]3OCCC[C@H]23)cc1. The summed E-state index contributed by atoms with van der Waals surface area (Å²) in [4.78, 5) is 1.26. The van der Waals surface area contributed by atoms with Crippen molar-refractivity contribution in [2.24, 2.45) is 5.92 Å². The highest BCUT2D eigenvalue weighted by Gasteiger charge is 2.41. The number of thioether (sulfide) groups is 1. The van der Waals surface area contributed by atoms with E-state index in [9.17, 15) is 0 Å². The molecule has 0 saturated carbocycles. The zero-order chi connectivity index (χ0) is 14.1. The van der Waals surface area contributed by atoms with E-state index in [0.717, 1.165) is 18.8 Å². The van der Waals surface area contributed by atoms with E-state index in [-0.39, 0.29) is 11.5 Å². The van der Waals surface area contributed by atoms with Crippen LogP contribution in [0, 0.1) is 5.92 Å². The maximum atomic E-state index is 6.29. The van der Waals surface area contributed by atoms with Crippen molar-refractivity contribution in [3.63, 3.8) is 0 Å². The van der Waals surface area contributed by atoms with E-state index >= 15 is 0 Å². The van der Waals surface area contributed by atoms with E-state index in [0.29, 0.717) is 5.92 Å². The maximum absolute atomic E-state index is 6.29. The van der Waals surface area contributed by atoms with Gasteiger partial charge in [-0.1, -0.05) is 48.2 Å². The Bertz CT molecular complexity index is 614. The second kappa shape index (κ2) is 5.74. The third-order valence-electron chi connectivity index (χ3n) is 4.18. The Balaban J connectivity index is 1.65. The van der Waals surface area contributed by atoms with Crippen LogP contribution in [0.4, 0.5) is 0 Å². The van der Waals surface area contributed by atoms with Gasteiger partial charge in [-0.2, -0.15) is 0 Å². The molecule has 2 heterocycles. The van der Waals surface area contributed by atoms with Crippen LogP contribution in [0.3, 0.4) is 0 Å². The molecule has 3 atom stereocenters. The lowest BCUT2D eigenvalue weighted by Gasteiger charge is -2.41. The van der Waals surface area contributed by atoms with E-state index in [4.69, 9.17) is 9.47 Å². The van der Waals surface area contributed by atoms with Gasteiger partial charge >= 0.3 is 0 Å². The molecule has 0 N–H and O–H groups in total. The molecule has 0 amide bonds. The number of para-hydroxylation sites is 1. The average molecular weight is 298 g/mol. The molecule has 0 aromatic heterocycles. The molecule has 108 valence electrons. The number of hydrogen-bond donors (Lipinski definition) is 0. The van der Waals surface area contributed by atoms with Crippen molar-refractivity contribution < 1.29 is 9.47 Å². The molecule has 2 aromatic carbocycles. The van der Waals surface area contributed by atoms with Crippen molar-refractivity contribution in [3.8, 4) is 5.75 Å². The number of ether oxygens (including phenoxy) is 2. The lowest BCUT2D eigenvalue weighted by molar-refractivity contribution is -0.0631. The molecule has 2 nitrogen and oxygen atoms in total. The second-order valence-corrected chi connectivity index (χ2v) is 6.72. The van der Waals surface area contributed by atoms with Gasteiger partial charge in [0.05, 0.1) is 6.10 Å². The van der Waals surface area contributed by atoms with Crippen LogP contribution in [0.1, 0.15) is 24.5 Å². The summed E-state index contributed by atoms with van der Waals surface area (Å²) < 4.78 is 12.4. The van der Waals surface area contributed by atoms with Crippen molar-refractivity contribution in [1.82, 2.24) is 0 Å². The van der Waals surface area contributed by atoms with Crippen molar-refractivity contribution in [2.45, 2.75) is 29.3 Å². The van der Waals surface area contributed by atoms with Gasteiger partial charge in [0.25, 0.3) is 0 Å². The Hall–Kier alpha value is -1.45. The molecule has 1 fully saturated rings. The van der Waals surface area contributed by atoms with Crippen LogP contribution < -0.4 is 4.74 Å². The average Bonchev–Trinajstić information content (AvgIpc) is 2.56. The van der Waals surface area contributed by atoms with Crippen molar-refractivity contribution >= 4 is 11.8 Å². The smallest absolute Gasteiger partial charge is 0.154 e. The highest BCUT2D eigenvalue weighted by molar-refractivity contribution is 7.99. The molecule has 0 radical (unpaired) electrons. The van der Waals surface area contributed by atoms with E-state index in [1.807, 2.05) is 23.9 Å². The molecular formula is C18H18O2S. The topological polar surface area (TPSA) is 18.5 Å². The fourth-order valence-electron chi connectivity index (χ4n) is 3.18. The van der Waals surface area contributed by atoms with Gasteiger partial charge in [-0.25, -0.2) is 0 Å². The van der Waals surface area contributed by atoms with E-state index in [1.165, 1.54) is 16.9 Å². The third kappa shape index (κ3) is 2.56. The van der Waals surface area contributed by atoms with E-state index in [2.05, 4.69) is 42.5 Å². The summed E-state index contributed by atoms with van der Waals surface area (Å²) in [5.41, 5.74) is 1.35. The van der Waals surface area contributed by atoms with Crippen molar-refractivity contribution in [2.75, 3.05) is 6.61 Å². The first-order valence-corrected chi connectivity index (χ1v) is 8.39. The Morgan fingerprint density at radius 1 is 0.952 bits per heavy atom. The molecular weight excluding hydrogens is 280 g/mol. The molecule has 3 heteroatoms. The second-order valence-electron chi connectivity index (χ2n) is 5.55. The minimum atomic E-state index is 0.132. The standard InChI is InChI=1S/C18H18O2S/c1-2-7-13(8-3-1)21-18-15-10-6-12-19-17(15)14-9-4-5-11-16(14)20-18/h1-5,7-9,11,15,17-18H,6,10,12H2/t15-,17-,18-/m0/s1. The Labute approximate surface area is 129 Å². The maximum Gasteiger partial charge on any atom is 0.154 e. The third-order valence-corrected chi connectivity index (χ3v) is 5.40. The van der Waals surface area contributed by atoms with Gasteiger partial charge in [0.1, 0.15) is 5.75 Å². The Morgan fingerprint density at radius 3 is 2.67 bits per heavy atom. The molecule has 0 aliphatic carbocycles. The largest absolute Gasteiger partial charge is 0.479 e. The van der Waals surface area contributed by atoms with Gasteiger partial charge in [-0.3, -0.25) is 0 Å². The summed E-state index contributed by atoms with van der Waals surface area (Å²) in [5.74, 6) is 1.41. The van der Waals surface area contributed by atoms with Crippen LogP contribution >= 0.6 is 11.8 Å².